The number of fused-ring (bicyclic) bond motifs is 1. The van der Waals surface area contributed by atoms with Crippen LogP contribution in [0.3, 0.4) is 0 Å². The number of nitrogen functional groups attached to an aromatic ring is 1. The minimum atomic E-state index is -0.512. The molecule has 1 saturated carbocycles. The molecule has 3 heterocycles. The summed E-state index contributed by atoms with van der Waals surface area (Å²) in [4.78, 5) is 12.5. The fourth-order valence-corrected chi connectivity index (χ4v) is 5.37. The summed E-state index contributed by atoms with van der Waals surface area (Å²) in [6.07, 6.45) is 5.30. The van der Waals surface area contributed by atoms with Gasteiger partial charge in [0.15, 0.2) is 11.5 Å². The minimum absolute atomic E-state index is 0.00653. The Labute approximate surface area is 125 Å². The van der Waals surface area contributed by atoms with Gasteiger partial charge < -0.3 is 20.5 Å². The molecule has 112 valence electrons. The summed E-state index contributed by atoms with van der Waals surface area (Å²) in [7, 11) is 0. The molecule has 2 fully saturated rings. The van der Waals surface area contributed by atoms with E-state index in [1.165, 1.54) is 6.33 Å². The quantitative estimate of drug-likeness (QED) is 0.711. The number of nitrogens with two attached hydrogens (primary N) is 1. The van der Waals surface area contributed by atoms with Gasteiger partial charge in [-0.05, 0) is 19.3 Å². The number of nitrogens with zero attached hydrogens (tertiary/aromatic N) is 4. The summed E-state index contributed by atoms with van der Waals surface area (Å²) in [5.41, 5.74) is 7.07. The third-order valence-electron chi connectivity index (χ3n) is 4.65. The van der Waals surface area contributed by atoms with Crippen LogP contribution in [0.25, 0.3) is 11.2 Å². The Morgan fingerprint density at radius 2 is 2.14 bits per heavy atom. The van der Waals surface area contributed by atoms with Crippen LogP contribution in [0.1, 0.15) is 31.1 Å². The van der Waals surface area contributed by atoms with Gasteiger partial charge in [-0.25, -0.2) is 15.0 Å². The van der Waals surface area contributed by atoms with Gasteiger partial charge in [-0.2, -0.15) is 0 Å². The second kappa shape index (κ2) is 4.56. The number of anilines is 1. The van der Waals surface area contributed by atoms with Gasteiger partial charge in [0.2, 0.25) is 0 Å². The van der Waals surface area contributed by atoms with Crippen molar-refractivity contribution in [3.8, 4) is 0 Å². The summed E-state index contributed by atoms with van der Waals surface area (Å²) in [5.74, 6) is 0.359. The Kier molecular flexibility index (Phi) is 2.88. The molecule has 0 aromatic carbocycles. The lowest BCUT2D eigenvalue weighted by molar-refractivity contribution is 0.0560. The van der Waals surface area contributed by atoms with E-state index in [2.05, 4.69) is 15.0 Å². The van der Waals surface area contributed by atoms with Gasteiger partial charge in [0.25, 0.3) is 0 Å². The normalized spacial score (nSPS) is 36.0. The van der Waals surface area contributed by atoms with Gasteiger partial charge >= 0.3 is 0 Å². The van der Waals surface area contributed by atoms with Gasteiger partial charge in [0.1, 0.15) is 11.8 Å². The van der Waals surface area contributed by atoms with Crippen LogP contribution < -0.4 is 5.73 Å². The lowest BCUT2D eigenvalue weighted by atomic mass is 9.95. The Balaban J connectivity index is 1.73. The maximum atomic E-state index is 10.5. The molecule has 7 nitrogen and oxygen atoms in total. The monoisotopic (exact) mass is 307 g/mol. The summed E-state index contributed by atoms with van der Waals surface area (Å²) in [6.45, 7) is 0. The van der Waals surface area contributed by atoms with Crippen molar-refractivity contribution in [1.82, 2.24) is 19.5 Å². The lowest BCUT2D eigenvalue weighted by Crippen LogP contribution is -2.41. The molecule has 21 heavy (non-hydrogen) atoms. The van der Waals surface area contributed by atoms with Crippen molar-refractivity contribution in [1.29, 1.82) is 0 Å². The number of aromatic nitrogens is 4. The summed E-state index contributed by atoms with van der Waals surface area (Å²) in [6, 6.07) is 0. The Morgan fingerprint density at radius 1 is 1.29 bits per heavy atom. The number of hydrogen-bond acceptors (Lipinski definition) is 7. The van der Waals surface area contributed by atoms with Crippen LogP contribution >= 0.6 is 11.8 Å². The number of hydrogen-bond donors (Lipinski definition) is 3. The van der Waals surface area contributed by atoms with E-state index in [1.54, 1.807) is 18.1 Å². The van der Waals surface area contributed by atoms with E-state index in [1.807, 2.05) is 4.57 Å². The maximum Gasteiger partial charge on any atom is 0.166 e. The fourth-order valence-electron chi connectivity index (χ4n) is 3.53. The van der Waals surface area contributed by atoms with Gasteiger partial charge in [-0.1, -0.05) is 0 Å². The van der Waals surface area contributed by atoms with Crippen LogP contribution in [0.4, 0.5) is 5.82 Å². The molecule has 2 aromatic heterocycles. The summed E-state index contributed by atoms with van der Waals surface area (Å²) >= 11 is 1.64. The van der Waals surface area contributed by atoms with Crippen molar-refractivity contribution < 1.29 is 10.2 Å². The number of aliphatic hydroxyl groups excluding tert-OH is 2. The van der Waals surface area contributed by atoms with Crippen LogP contribution in [-0.2, 0) is 0 Å². The first kappa shape index (κ1) is 13.3. The van der Waals surface area contributed by atoms with Gasteiger partial charge in [-0.3, -0.25) is 0 Å². The van der Waals surface area contributed by atoms with Crippen LogP contribution in [-0.4, -0.2) is 46.7 Å². The molecule has 2 aliphatic rings. The first-order valence-corrected chi connectivity index (χ1v) is 7.97. The van der Waals surface area contributed by atoms with Crippen LogP contribution in [0.5, 0.6) is 0 Å². The Hall–Kier alpha value is -1.38. The third kappa shape index (κ3) is 1.79. The molecular formula is C13H17N5O2S. The van der Waals surface area contributed by atoms with Crippen molar-refractivity contribution in [2.45, 2.75) is 48.0 Å². The Morgan fingerprint density at radius 3 is 2.90 bits per heavy atom. The highest BCUT2D eigenvalue weighted by Gasteiger charge is 2.55. The molecule has 0 amide bonds. The Bertz CT molecular complexity index is 692. The molecule has 4 atom stereocenters. The van der Waals surface area contributed by atoms with E-state index in [0.29, 0.717) is 23.4 Å². The van der Waals surface area contributed by atoms with E-state index in [-0.39, 0.29) is 5.37 Å². The fraction of sp³-hybridized carbons (Fsp3) is 0.615. The van der Waals surface area contributed by atoms with Crippen molar-refractivity contribution in [2.24, 2.45) is 0 Å². The highest BCUT2D eigenvalue weighted by Crippen LogP contribution is 2.57. The predicted octanol–water partition coefficient (Wildman–Crippen LogP) is 0.689. The van der Waals surface area contributed by atoms with Crippen LogP contribution in [0.15, 0.2) is 12.7 Å². The van der Waals surface area contributed by atoms with Gasteiger partial charge in [0, 0.05) is 6.42 Å². The molecule has 2 aromatic rings. The van der Waals surface area contributed by atoms with Crippen molar-refractivity contribution in [3.63, 3.8) is 0 Å². The standard InChI is InChI=1S/C13H17N5O2S/c14-11-10-12(16-5-15-11)18(6-17-10)9-4-8(20)13(21-9)3-1-2-7(13)19/h5-9,19-20H,1-4H2,(H2,14,15,16)/t7-,8-,9+,13-/m0/s1. The number of aliphatic hydroxyl groups is 2. The zero-order chi connectivity index (χ0) is 14.6. The van der Waals surface area contributed by atoms with Crippen molar-refractivity contribution in [3.05, 3.63) is 12.7 Å². The number of rotatable bonds is 1. The van der Waals surface area contributed by atoms with Crippen molar-refractivity contribution in [2.75, 3.05) is 5.73 Å². The second-order valence-electron chi connectivity index (χ2n) is 5.77. The van der Waals surface area contributed by atoms with E-state index in [9.17, 15) is 10.2 Å². The first-order chi connectivity index (χ1) is 10.1. The molecule has 8 heteroatoms. The smallest absolute Gasteiger partial charge is 0.166 e. The van der Waals surface area contributed by atoms with Crippen molar-refractivity contribution >= 4 is 28.7 Å². The molecule has 1 aliphatic carbocycles. The second-order valence-corrected chi connectivity index (χ2v) is 7.31. The summed E-state index contributed by atoms with van der Waals surface area (Å²) < 4.78 is 1.49. The highest BCUT2D eigenvalue weighted by atomic mass is 32.2. The van der Waals surface area contributed by atoms with Crippen LogP contribution in [0.2, 0.25) is 0 Å². The SMILES string of the molecule is Nc1ncnc2c1ncn2[C@H]1C[C@H](O)[C@@]2(CCC[C@@H]2O)S1. The topological polar surface area (TPSA) is 110 Å². The molecule has 0 bridgehead atoms. The molecule has 1 aliphatic heterocycles. The molecule has 0 unspecified atom stereocenters. The molecule has 0 radical (unpaired) electrons. The third-order valence-corrected chi connectivity index (χ3v) is 6.53. The van der Waals surface area contributed by atoms with Crippen LogP contribution in [0, 0.1) is 0 Å². The largest absolute Gasteiger partial charge is 0.392 e. The number of imidazole rings is 1. The van der Waals surface area contributed by atoms with Gasteiger partial charge in [0.05, 0.1) is 28.7 Å². The number of thioether (sulfide) groups is 1. The molecule has 4 rings (SSSR count). The van der Waals surface area contributed by atoms with E-state index in [4.69, 9.17) is 5.73 Å². The molecular weight excluding hydrogens is 290 g/mol. The molecule has 1 saturated heterocycles. The highest BCUT2D eigenvalue weighted by molar-refractivity contribution is 8.01. The zero-order valence-electron chi connectivity index (χ0n) is 11.4. The minimum Gasteiger partial charge on any atom is -0.392 e. The molecule has 1 spiro atoms. The molecule has 4 N–H and O–H groups in total. The predicted molar refractivity (Wildman–Crippen MR) is 79.6 cm³/mol. The lowest BCUT2D eigenvalue weighted by Gasteiger charge is -2.30. The van der Waals surface area contributed by atoms with E-state index < -0.39 is 17.0 Å². The average Bonchev–Trinajstić information content (AvgIpc) is 3.12. The van der Waals surface area contributed by atoms with E-state index >= 15 is 0 Å². The average molecular weight is 307 g/mol. The van der Waals surface area contributed by atoms with E-state index in [0.717, 1.165) is 19.3 Å². The maximum absolute atomic E-state index is 10.5. The first-order valence-electron chi connectivity index (χ1n) is 7.09. The van der Waals surface area contributed by atoms with Gasteiger partial charge in [-0.15, -0.1) is 11.8 Å². The summed E-state index contributed by atoms with van der Waals surface area (Å²) in [5, 5.41) is 20.8. The zero-order valence-corrected chi connectivity index (χ0v) is 12.2.